The second kappa shape index (κ2) is 5.90. The Morgan fingerprint density at radius 2 is 2.10 bits per heavy atom. The van der Waals surface area contributed by atoms with Crippen LogP contribution in [0, 0.1) is 11.6 Å². The lowest BCUT2D eigenvalue weighted by molar-refractivity contribution is 0.0595. The van der Waals surface area contributed by atoms with E-state index in [2.05, 4.69) is 15.2 Å². The summed E-state index contributed by atoms with van der Waals surface area (Å²) in [5, 5.41) is 6.91. The van der Waals surface area contributed by atoms with Crippen LogP contribution in [0.15, 0.2) is 24.4 Å². The van der Waals surface area contributed by atoms with Gasteiger partial charge in [0.15, 0.2) is 0 Å². The number of rotatable bonds is 4. The molecular formula is C14H15F2N3O2. The van der Waals surface area contributed by atoms with Crippen molar-refractivity contribution in [3.05, 3.63) is 47.3 Å². The molecule has 7 heteroatoms. The molecule has 1 aromatic carbocycles. The van der Waals surface area contributed by atoms with Crippen LogP contribution < -0.4 is 5.32 Å². The van der Waals surface area contributed by atoms with Crippen molar-refractivity contribution < 1.29 is 18.3 Å². The number of ether oxygens (including phenoxy) is 1. The SMILES string of the molecule is COC(=O)c1cc(NC(C)c2ccnn2C)c(F)cc1F. The maximum Gasteiger partial charge on any atom is 0.340 e. The minimum absolute atomic E-state index is 0.0190. The molecule has 0 bridgehead atoms. The number of halogens is 2. The van der Waals surface area contributed by atoms with Gasteiger partial charge >= 0.3 is 5.97 Å². The van der Waals surface area contributed by atoms with Gasteiger partial charge in [-0.3, -0.25) is 4.68 Å². The van der Waals surface area contributed by atoms with Crippen molar-refractivity contribution in [3.8, 4) is 0 Å². The van der Waals surface area contributed by atoms with Gasteiger partial charge in [-0.1, -0.05) is 0 Å². The number of aryl methyl sites for hydroxylation is 1. The normalized spacial score (nSPS) is 12.0. The van der Waals surface area contributed by atoms with Crippen LogP contribution in [0.5, 0.6) is 0 Å². The van der Waals surface area contributed by atoms with Crippen molar-refractivity contribution in [1.82, 2.24) is 9.78 Å². The second-order valence-electron chi connectivity index (χ2n) is 4.55. The smallest absolute Gasteiger partial charge is 0.340 e. The molecule has 0 amide bonds. The Morgan fingerprint density at radius 3 is 2.67 bits per heavy atom. The summed E-state index contributed by atoms with van der Waals surface area (Å²) in [6, 6.07) is 3.26. The molecule has 0 saturated carbocycles. The van der Waals surface area contributed by atoms with Gasteiger partial charge in [-0.25, -0.2) is 13.6 Å². The zero-order valence-corrected chi connectivity index (χ0v) is 11.9. The van der Waals surface area contributed by atoms with E-state index in [9.17, 15) is 13.6 Å². The lowest BCUT2D eigenvalue weighted by atomic mass is 10.1. The van der Waals surface area contributed by atoms with Crippen LogP contribution in [0.25, 0.3) is 0 Å². The zero-order chi connectivity index (χ0) is 15.6. The van der Waals surface area contributed by atoms with E-state index >= 15 is 0 Å². The molecule has 1 N–H and O–H groups in total. The molecule has 0 aliphatic carbocycles. The second-order valence-corrected chi connectivity index (χ2v) is 4.55. The van der Waals surface area contributed by atoms with Gasteiger partial charge < -0.3 is 10.1 Å². The van der Waals surface area contributed by atoms with E-state index in [1.54, 1.807) is 30.9 Å². The molecule has 1 heterocycles. The molecule has 0 saturated heterocycles. The minimum atomic E-state index is -0.960. The Balaban J connectivity index is 2.32. The van der Waals surface area contributed by atoms with Crippen molar-refractivity contribution in [2.45, 2.75) is 13.0 Å². The van der Waals surface area contributed by atoms with Crippen molar-refractivity contribution in [1.29, 1.82) is 0 Å². The van der Waals surface area contributed by atoms with Gasteiger partial charge in [-0.2, -0.15) is 5.10 Å². The minimum Gasteiger partial charge on any atom is -0.465 e. The van der Waals surface area contributed by atoms with Crippen LogP contribution in [0.3, 0.4) is 0 Å². The molecular weight excluding hydrogens is 280 g/mol. The van der Waals surface area contributed by atoms with Crippen LogP contribution in [0.4, 0.5) is 14.5 Å². The summed E-state index contributed by atoms with van der Waals surface area (Å²) in [5.74, 6) is -2.60. The fourth-order valence-corrected chi connectivity index (χ4v) is 2.04. The quantitative estimate of drug-likeness (QED) is 0.881. The van der Waals surface area contributed by atoms with Crippen molar-refractivity contribution in [3.63, 3.8) is 0 Å². The molecule has 2 aromatic rings. The lowest BCUT2D eigenvalue weighted by Gasteiger charge is -2.17. The largest absolute Gasteiger partial charge is 0.465 e. The van der Waals surface area contributed by atoms with E-state index in [-0.39, 0.29) is 17.3 Å². The van der Waals surface area contributed by atoms with Gasteiger partial charge in [0.05, 0.1) is 30.1 Å². The first-order valence-electron chi connectivity index (χ1n) is 6.25. The van der Waals surface area contributed by atoms with Gasteiger partial charge in [-0.15, -0.1) is 0 Å². The fraction of sp³-hybridized carbons (Fsp3) is 0.286. The average molecular weight is 295 g/mol. The van der Waals surface area contributed by atoms with E-state index in [4.69, 9.17) is 0 Å². The molecule has 112 valence electrons. The summed E-state index contributed by atoms with van der Waals surface area (Å²) in [4.78, 5) is 11.4. The lowest BCUT2D eigenvalue weighted by Crippen LogP contribution is -2.14. The van der Waals surface area contributed by atoms with E-state index in [0.717, 1.165) is 18.9 Å². The number of nitrogens with one attached hydrogen (secondary N) is 1. The maximum atomic E-state index is 13.8. The summed E-state index contributed by atoms with van der Waals surface area (Å²) in [5.41, 5.74) is 0.516. The molecule has 1 aromatic heterocycles. The molecule has 21 heavy (non-hydrogen) atoms. The molecule has 1 atom stereocenters. The average Bonchev–Trinajstić information content (AvgIpc) is 2.87. The third-order valence-electron chi connectivity index (χ3n) is 3.14. The number of aromatic nitrogens is 2. The first-order chi connectivity index (χ1) is 9.93. The predicted molar refractivity (Wildman–Crippen MR) is 72.9 cm³/mol. The highest BCUT2D eigenvalue weighted by Gasteiger charge is 2.18. The first kappa shape index (κ1) is 15.0. The molecule has 0 aliphatic rings. The molecule has 1 unspecified atom stereocenters. The number of anilines is 1. The van der Waals surface area contributed by atoms with Gasteiger partial charge in [0.1, 0.15) is 11.6 Å². The van der Waals surface area contributed by atoms with Gasteiger partial charge in [0.25, 0.3) is 0 Å². The number of carbonyl (C=O) groups is 1. The highest BCUT2D eigenvalue weighted by molar-refractivity contribution is 5.90. The third kappa shape index (κ3) is 3.01. The predicted octanol–water partition coefficient (Wildman–Crippen LogP) is 2.66. The Hall–Kier alpha value is -2.44. The van der Waals surface area contributed by atoms with Crippen molar-refractivity contribution in [2.75, 3.05) is 12.4 Å². The Morgan fingerprint density at radius 1 is 1.38 bits per heavy atom. The summed E-state index contributed by atoms with van der Waals surface area (Å²) in [6.07, 6.45) is 1.62. The molecule has 2 rings (SSSR count). The van der Waals surface area contributed by atoms with E-state index in [1.807, 2.05) is 0 Å². The highest BCUT2D eigenvalue weighted by Crippen LogP contribution is 2.24. The summed E-state index contributed by atoms with van der Waals surface area (Å²) >= 11 is 0. The Labute approximate surface area is 120 Å². The molecule has 0 radical (unpaired) electrons. The standard InChI is InChI=1S/C14H15F2N3O2/c1-8(13-4-5-17-19(13)2)18-12-6-9(14(20)21-3)10(15)7-11(12)16/h4-8,18H,1-3H3. The first-order valence-corrected chi connectivity index (χ1v) is 6.25. The number of nitrogens with zero attached hydrogens (tertiary/aromatic N) is 2. The molecule has 0 spiro atoms. The van der Waals surface area contributed by atoms with Crippen LogP contribution in [0.1, 0.15) is 29.0 Å². The van der Waals surface area contributed by atoms with Crippen LogP contribution in [-0.2, 0) is 11.8 Å². The summed E-state index contributed by atoms with van der Waals surface area (Å²) in [7, 11) is 2.89. The molecule has 5 nitrogen and oxygen atoms in total. The topological polar surface area (TPSA) is 56.1 Å². The van der Waals surface area contributed by atoms with Crippen molar-refractivity contribution in [2.24, 2.45) is 7.05 Å². The van der Waals surface area contributed by atoms with Gasteiger partial charge in [-0.05, 0) is 19.1 Å². The number of carbonyl (C=O) groups excluding carboxylic acids is 1. The van der Waals surface area contributed by atoms with Gasteiger partial charge in [0.2, 0.25) is 0 Å². The number of hydrogen-bond acceptors (Lipinski definition) is 4. The Bertz CT molecular complexity index is 670. The number of benzene rings is 1. The van der Waals surface area contributed by atoms with E-state index < -0.39 is 17.6 Å². The molecule has 0 fully saturated rings. The fourth-order valence-electron chi connectivity index (χ4n) is 2.04. The number of esters is 1. The van der Waals surface area contributed by atoms with Crippen LogP contribution in [-0.4, -0.2) is 22.9 Å². The monoisotopic (exact) mass is 295 g/mol. The Kier molecular flexibility index (Phi) is 4.21. The maximum absolute atomic E-state index is 13.8. The van der Waals surface area contributed by atoms with Crippen LogP contribution in [0.2, 0.25) is 0 Å². The van der Waals surface area contributed by atoms with E-state index in [1.165, 1.54) is 0 Å². The van der Waals surface area contributed by atoms with E-state index in [0.29, 0.717) is 6.07 Å². The molecule has 0 aliphatic heterocycles. The zero-order valence-electron chi connectivity index (χ0n) is 11.9. The highest BCUT2D eigenvalue weighted by atomic mass is 19.1. The summed E-state index contributed by atoms with van der Waals surface area (Å²) in [6.45, 7) is 1.80. The van der Waals surface area contributed by atoms with Crippen LogP contribution >= 0.6 is 0 Å². The number of hydrogen-bond donors (Lipinski definition) is 1. The van der Waals surface area contributed by atoms with Gasteiger partial charge in [0, 0.05) is 19.3 Å². The number of methoxy groups -OCH3 is 1. The van der Waals surface area contributed by atoms with Crippen molar-refractivity contribution >= 4 is 11.7 Å². The third-order valence-corrected chi connectivity index (χ3v) is 3.14. The summed E-state index contributed by atoms with van der Waals surface area (Å²) < 4.78 is 33.5.